The predicted molar refractivity (Wildman–Crippen MR) is 93.5 cm³/mol. The van der Waals surface area contributed by atoms with E-state index in [0.717, 1.165) is 0 Å². The van der Waals surface area contributed by atoms with E-state index in [1.54, 1.807) is 24.3 Å². The lowest BCUT2D eigenvalue weighted by Crippen LogP contribution is -2.12. The van der Waals surface area contributed by atoms with Gasteiger partial charge in [0.15, 0.2) is 0 Å². The summed E-state index contributed by atoms with van der Waals surface area (Å²) >= 11 is 5.78. The maximum absolute atomic E-state index is 12.0. The Hall–Kier alpha value is -0.960. The quantitative estimate of drug-likeness (QED) is 0.720. The first-order valence-corrected chi connectivity index (χ1v) is 9.93. The summed E-state index contributed by atoms with van der Waals surface area (Å²) in [5.41, 5.74) is 0.826. The highest BCUT2D eigenvalue weighted by Gasteiger charge is 2.20. The molecule has 0 unspecified atom stereocenters. The molecule has 0 spiro atoms. The molecule has 2 heterocycles. The van der Waals surface area contributed by atoms with Crippen molar-refractivity contribution in [1.29, 1.82) is 0 Å². The Morgan fingerprint density at radius 3 is 1.32 bits per heavy atom. The van der Waals surface area contributed by atoms with E-state index >= 15 is 0 Å². The zero-order valence-corrected chi connectivity index (χ0v) is 14.3. The van der Waals surface area contributed by atoms with Crippen LogP contribution in [0.5, 0.6) is 0 Å². The molecule has 114 valence electrons. The first-order chi connectivity index (χ1) is 10.7. The number of ether oxygens (including phenoxy) is 2. The maximum Gasteiger partial charge on any atom is 0.340 e. The van der Waals surface area contributed by atoms with Gasteiger partial charge in [0.1, 0.15) is 0 Å². The molecule has 0 saturated carbocycles. The second-order valence-corrected chi connectivity index (χ2v) is 8.54. The second kappa shape index (κ2) is 7.54. The molecule has 2 aliphatic rings. The van der Waals surface area contributed by atoms with Crippen molar-refractivity contribution >= 4 is 59.0 Å². The average molecular weight is 370 g/mol. The van der Waals surface area contributed by atoms with Crippen molar-refractivity contribution < 1.29 is 19.1 Å². The molecular formula is C14H10O4S4. The van der Waals surface area contributed by atoms with E-state index in [9.17, 15) is 9.59 Å². The molecule has 0 aliphatic carbocycles. The van der Waals surface area contributed by atoms with Gasteiger partial charge in [0.25, 0.3) is 0 Å². The van der Waals surface area contributed by atoms with Crippen LogP contribution in [-0.2, 0) is 9.47 Å². The Bertz CT molecular complexity index is 555. The minimum absolute atomic E-state index is 0.235. The van der Waals surface area contributed by atoms with Gasteiger partial charge in [-0.3, -0.25) is 0 Å². The van der Waals surface area contributed by atoms with Gasteiger partial charge < -0.3 is 9.47 Å². The normalized spacial score (nSPS) is 17.8. The summed E-state index contributed by atoms with van der Waals surface area (Å²) in [6, 6.07) is 6.29. The third kappa shape index (κ3) is 4.07. The van der Waals surface area contributed by atoms with Crippen molar-refractivity contribution in [3.05, 3.63) is 57.0 Å². The first kappa shape index (κ1) is 15.9. The molecular weight excluding hydrogens is 360 g/mol. The monoisotopic (exact) mass is 370 g/mol. The Labute approximate surface area is 144 Å². The van der Waals surface area contributed by atoms with Crippen molar-refractivity contribution in [1.82, 2.24) is 0 Å². The SMILES string of the molecule is O=C(OC1SC=CS1)c1ccc(C(=O)OC2SC=CS2)cc1. The summed E-state index contributed by atoms with van der Waals surface area (Å²) in [4.78, 5) is 23.9. The summed E-state index contributed by atoms with van der Waals surface area (Å²) < 4.78 is 10.1. The molecule has 0 radical (unpaired) electrons. The number of carbonyl (C=O) groups excluding carboxylic acids is 2. The van der Waals surface area contributed by atoms with Gasteiger partial charge in [-0.25, -0.2) is 9.59 Å². The Morgan fingerprint density at radius 1 is 0.682 bits per heavy atom. The molecule has 0 atom stereocenters. The molecule has 0 saturated heterocycles. The zero-order valence-electron chi connectivity index (χ0n) is 11.0. The molecule has 22 heavy (non-hydrogen) atoms. The highest BCUT2D eigenvalue weighted by molar-refractivity contribution is 8.22. The fourth-order valence-electron chi connectivity index (χ4n) is 1.61. The van der Waals surface area contributed by atoms with Crippen LogP contribution in [0.3, 0.4) is 0 Å². The third-order valence-electron chi connectivity index (χ3n) is 2.63. The Balaban J connectivity index is 1.57. The van der Waals surface area contributed by atoms with Gasteiger partial charge in [-0.1, -0.05) is 47.0 Å². The molecule has 0 bridgehead atoms. The van der Waals surface area contributed by atoms with Crippen LogP contribution in [0.1, 0.15) is 20.7 Å². The zero-order chi connectivity index (χ0) is 15.4. The van der Waals surface area contributed by atoms with Crippen LogP contribution in [0.2, 0.25) is 0 Å². The van der Waals surface area contributed by atoms with Crippen LogP contribution in [0, 0.1) is 0 Å². The number of thioether (sulfide) groups is 4. The van der Waals surface area contributed by atoms with Crippen LogP contribution in [0.4, 0.5) is 0 Å². The predicted octanol–water partition coefficient (Wildman–Crippen LogP) is 4.47. The summed E-state index contributed by atoms with van der Waals surface area (Å²) in [7, 11) is 0. The number of esters is 2. The van der Waals surface area contributed by atoms with Gasteiger partial charge in [0, 0.05) is 0 Å². The van der Waals surface area contributed by atoms with E-state index in [0.29, 0.717) is 11.1 Å². The van der Waals surface area contributed by atoms with E-state index in [1.807, 2.05) is 21.6 Å². The standard InChI is InChI=1S/C14H10O4S4/c15-11(17-13-19-5-6-20-13)9-1-2-10(4-3-9)12(16)18-14-21-7-8-22-14/h1-8,13-14H. The molecule has 8 heteroatoms. The largest absolute Gasteiger partial charge is 0.437 e. The average Bonchev–Trinajstić information content (AvgIpc) is 3.21. The van der Waals surface area contributed by atoms with Crippen molar-refractivity contribution in [3.63, 3.8) is 0 Å². The van der Waals surface area contributed by atoms with E-state index in [-0.39, 0.29) is 9.54 Å². The highest BCUT2D eigenvalue weighted by atomic mass is 32.2. The first-order valence-electron chi connectivity index (χ1n) is 6.16. The Morgan fingerprint density at radius 2 is 1.00 bits per heavy atom. The van der Waals surface area contributed by atoms with E-state index in [4.69, 9.17) is 9.47 Å². The third-order valence-corrected chi connectivity index (χ3v) is 6.76. The van der Waals surface area contributed by atoms with Crippen LogP contribution in [-0.4, -0.2) is 21.5 Å². The van der Waals surface area contributed by atoms with Crippen LogP contribution in [0.25, 0.3) is 0 Å². The number of hydrogen-bond acceptors (Lipinski definition) is 8. The number of hydrogen-bond donors (Lipinski definition) is 0. The summed E-state index contributed by atoms with van der Waals surface area (Å²) in [6.07, 6.45) is 0. The molecule has 0 amide bonds. The minimum Gasteiger partial charge on any atom is -0.437 e. The summed E-state index contributed by atoms with van der Waals surface area (Å²) in [6.45, 7) is 0. The fourth-order valence-corrected chi connectivity index (χ4v) is 5.01. The lowest BCUT2D eigenvalue weighted by atomic mass is 10.1. The van der Waals surface area contributed by atoms with Gasteiger partial charge in [0.2, 0.25) is 9.54 Å². The molecule has 3 rings (SSSR count). The van der Waals surface area contributed by atoms with Crippen molar-refractivity contribution in [2.75, 3.05) is 0 Å². The van der Waals surface area contributed by atoms with Crippen molar-refractivity contribution in [3.8, 4) is 0 Å². The van der Waals surface area contributed by atoms with Gasteiger partial charge in [-0.15, -0.1) is 0 Å². The van der Waals surface area contributed by atoms with E-state index in [1.165, 1.54) is 47.0 Å². The molecule has 2 aliphatic heterocycles. The second-order valence-electron chi connectivity index (χ2n) is 4.05. The van der Waals surface area contributed by atoms with Crippen LogP contribution >= 0.6 is 47.0 Å². The number of carbonyl (C=O) groups is 2. The summed E-state index contributed by atoms with van der Waals surface area (Å²) in [5.74, 6) is -0.806. The number of rotatable bonds is 4. The molecule has 0 aromatic heterocycles. The molecule has 1 aromatic carbocycles. The van der Waals surface area contributed by atoms with E-state index < -0.39 is 11.9 Å². The van der Waals surface area contributed by atoms with Crippen molar-refractivity contribution in [2.45, 2.75) is 9.54 Å². The highest BCUT2D eigenvalue weighted by Crippen LogP contribution is 2.35. The summed E-state index contributed by atoms with van der Waals surface area (Å²) in [5, 5.41) is 7.54. The fraction of sp³-hybridized carbons (Fsp3) is 0.143. The lowest BCUT2D eigenvalue weighted by Gasteiger charge is -2.11. The molecule has 1 aromatic rings. The lowest BCUT2D eigenvalue weighted by molar-refractivity contribution is 0.0536. The smallest absolute Gasteiger partial charge is 0.340 e. The van der Waals surface area contributed by atoms with Gasteiger partial charge >= 0.3 is 11.9 Å². The van der Waals surface area contributed by atoms with Gasteiger partial charge in [0.05, 0.1) is 11.1 Å². The minimum atomic E-state index is -0.403. The Kier molecular flexibility index (Phi) is 5.46. The topological polar surface area (TPSA) is 52.6 Å². The van der Waals surface area contributed by atoms with Gasteiger partial charge in [-0.05, 0) is 45.9 Å². The van der Waals surface area contributed by atoms with Crippen LogP contribution in [0.15, 0.2) is 45.9 Å². The van der Waals surface area contributed by atoms with Crippen LogP contribution < -0.4 is 0 Å². The molecule has 4 nitrogen and oxygen atoms in total. The molecule has 0 N–H and O–H groups in total. The maximum atomic E-state index is 12.0. The van der Waals surface area contributed by atoms with Gasteiger partial charge in [-0.2, -0.15) is 0 Å². The van der Waals surface area contributed by atoms with E-state index in [2.05, 4.69) is 0 Å². The molecule has 0 fully saturated rings. The van der Waals surface area contributed by atoms with Crippen molar-refractivity contribution in [2.24, 2.45) is 0 Å². The number of benzene rings is 1.